The summed E-state index contributed by atoms with van der Waals surface area (Å²) in [6.07, 6.45) is 0. The number of carbonyl (C=O) groups is 1. The molecule has 0 unspecified atom stereocenters. The lowest BCUT2D eigenvalue weighted by molar-refractivity contribution is 0.102. The van der Waals surface area contributed by atoms with Crippen molar-refractivity contribution in [1.29, 1.82) is 0 Å². The molecule has 0 saturated heterocycles. The fourth-order valence-corrected chi connectivity index (χ4v) is 3.01. The molecule has 0 aliphatic carbocycles. The molecule has 28 heavy (non-hydrogen) atoms. The number of aryl methyl sites for hydroxylation is 2. The topological polar surface area (TPSA) is 75.4 Å². The summed E-state index contributed by atoms with van der Waals surface area (Å²) in [4.78, 5) is 16.8. The summed E-state index contributed by atoms with van der Waals surface area (Å²) in [5, 5.41) is 13.1. The molecule has 3 aromatic carbocycles. The van der Waals surface area contributed by atoms with Gasteiger partial charge in [0.1, 0.15) is 17.1 Å². The van der Waals surface area contributed by atoms with Gasteiger partial charge in [0.15, 0.2) is 5.58 Å². The Hall–Kier alpha value is -3.67. The second-order valence-electron chi connectivity index (χ2n) is 6.61. The highest BCUT2D eigenvalue weighted by molar-refractivity contribution is 6.04. The van der Waals surface area contributed by atoms with Gasteiger partial charge in [0, 0.05) is 5.69 Å². The van der Waals surface area contributed by atoms with Crippen molar-refractivity contribution in [3.8, 4) is 17.2 Å². The zero-order valence-electron chi connectivity index (χ0n) is 15.3. The predicted molar refractivity (Wildman–Crippen MR) is 105 cm³/mol. The number of aromatic nitrogens is 1. The lowest BCUT2D eigenvalue weighted by atomic mass is 10.1. The average molecular weight is 376 g/mol. The third-order valence-corrected chi connectivity index (χ3v) is 4.45. The van der Waals surface area contributed by atoms with Gasteiger partial charge in [0.05, 0.1) is 11.1 Å². The van der Waals surface area contributed by atoms with Gasteiger partial charge in [-0.2, -0.15) is 0 Å². The molecule has 1 amide bonds. The Balaban J connectivity index is 1.73. The van der Waals surface area contributed by atoms with Crippen LogP contribution in [0.5, 0.6) is 5.75 Å². The maximum Gasteiger partial charge on any atom is 0.258 e. The molecule has 0 spiro atoms. The van der Waals surface area contributed by atoms with E-state index in [1.807, 2.05) is 25.1 Å². The first kappa shape index (κ1) is 17.7. The SMILES string of the molecule is Cc1ccc2oc(-c3cc(NC(=O)c4ccccc4F)cc(C)c3O)nc2c1. The number of aromatic hydroxyl groups is 1. The molecule has 0 radical (unpaired) electrons. The smallest absolute Gasteiger partial charge is 0.258 e. The number of hydrogen-bond acceptors (Lipinski definition) is 4. The van der Waals surface area contributed by atoms with Crippen LogP contribution in [0.1, 0.15) is 21.5 Å². The largest absolute Gasteiger partial charge is 0.507 e. The minimum Gasteiger partial charge on any atom is -0.507 e. The summed E-state index contributed by atoms with van der Waals surface area (Å²) >= 11 is 0. The first-order valence-corrected chi connectivity index (χ1v) is 8.69. The summed E-state index contributed by atoms with van der Waals surface area (Å²) in [6.45, 7) is 3.65. The maximum absolute atomic E-state index is 13.9. The Labute approximate surface area is 160 Å². The number of nitrogens with one attached hydrogen (secondary N) is 1. The number of nitrogens with zero attached hydrogens (tertiary/aromatic N) is 1. The zero-order valence-corrected chi connectivity index (χ0v) is 15.3. The minimum absolute atomic E-state index is 0.00664. The van der Waals surface area contributed by atoms with Gasteiger partial charge in [0.25, 0.3) is 5.91 Å². The number of rotatable bonds is 3. The van der Waals surface area contributed by atoms with Crippen LogP contribution >= 0.6 is 0 Å². The predicted octanol–water partition coefficient (Wildman–Crippen LogP) is 5.21. The molecular weight excluding hydrogens is 359 g/mol. The Morgan fingerprint density at radius 1 is 1.11 bits per heavy atom. The van der Waals surface area contributed by atoms with Crippen molar-refractivity contribution in [3.05, 3.63) is 77.1 Å². The van der Waals surface area contributed by atoms with Crippen LogP contribution in [0.4, 0.5) is 10.1 Å². The van der Waals surface area contributed by atoms with Crippen molar-refractivity contribution >= 4 is 22.7 Å². The summed E-state index contributed by atoms with van der Waals surface area (Å²) in [7, 11) is 0. The van der Waals surface area contributed by atoms with Crippen molar-refractivity contribution in [2.75, 3.05) is 5.32 Å². The molecule has 140 valence electrons. The van der Waals surface area contributed by atoms with Gasteiger partial charge < -0.3 is 14.8 Å². The summed E-state index contributed by atoms with van der Waals surface area (Å²) < 4.78 is 19.6. The maximum atomic E-state index is 13.9. The number of amides is 1. The molecule has 0 saturated carbocycles. The second-order valence-corrected chi connectivity index (χ2v) is 6.61. The summed E-state index contributed by atoms with van der Waals surface area (Å²) in [5.41, 5.74) is 3.52. The molecule has 4 aromatic rings. The molecule has 0 fully saturated rings. The first-order valence-electron chi connectivity index (χ1n) is 8.69. The van der Waals surface area contributed by atoms with E-state index in [0.717, 1.165) is 5.56 Å². The Kier molecular flexibility index (Phi) is 4.31. The Morgan fingerprint density at radius 3 is 2.68 bits per heavy atom. The van der Waals surface area contributed by atoms with Gasteiger partial charge in [-0.25, -0.2) is 9.37 Å². The highest BCUT2D eigenvalue weighted by Crippen LogP contribution is 2.36. The van der Waals surface area contributed by atoms with E-state index in [1.165, 1.54) is 18.2 Å². The van der Waals surface area contributed by atoms with Crippen LogP contribution < -0.4 is 5.32 Å². The number of hydrogen-bond donors (Lipinski definition) is 2. The molecule has 0 aliphatic rings. The van der Waals surface area contributed by atoms with Crippen molar-refractivity contribution in [2.24, 2.45) is 0 Å². The van der Waals surface area contributed by atoms with Crippen LogP contribution in [0.15, 0.2) is 59.0 Å². The van der Waals surface area contributed by atoms with Crippen molar-refractivity contribution in [3.63, 3.8) is 0 Å². The first-order chi connectivity index (χ1) is 13.4. The molecule has 0 aliphatic heterocycles. The minimum atomic E-state index is -0.606. The summed E-state index contributed by atoms with van der Waals surface area (Å²) in [5.74, 6) is -0.942. The van der Waals surface area contributed by atoms with E-state index in [0.29, 0.717) is 27.9 Å². The van der Waals surface area contributed by atoms with Crippen molar-refractivity contribution in [2.45, 2.75) is 13.8 Å². The van der Waals surface area contributed by atoms with Crippen molar-refractivity contribution in [1.82, 2.24) is 4.98 Å². The molecule has 2 N–H and O–H groups in total. The average Bonchev–Trinajstić information content (AvgIpc) is 3.07. The highest BCUT2D eigenvalue weighted by Gasteiger charge is 2.17. The molecular formula is C22H17FN2O3. The number of oxazole rings is 1. The van der Waals surface area contributed by atoms with Crippen LogP contribution in [-0.4, -0.2) is 16.0 Å². The molecule has 6 heteroatoms. The number of fused-ring (bicyclic) bond motifs is 1. The number of anilines is 1. The second kappa shape index (κ2) is 6.81. The van der Waals surface area contributed by atoms with Crippen LogP contribution in [0, 0.1) is 19.7 Å². The van der Waals surface area contributed by atoms with Gasteiger partial charge in [-0.3, -0.25) is 4.79 Å². The van der Waals surface area contributed by atoms with Gasteiger partial charge in [-0.15, -0.1) is 0 Å². The summed E-state index contributed by atoms with van der Waals surface area (Å²) in [6, 6.07) is 14.5. The molecule has 1 heterocycles. The van der Waals surface area contributed by atoms with Crippen molar-refractivity contribution < 1.29 is 18.7 Å². The Bertz CT molecular complexity index is 1210. The molecule has 5 nitrogen and oxygen atoms in total. The number of halogens is 1. The van der Waals surface area contributed by atoms with Gasteiger partial charge in [-0.05, 0) is 61.4 Å². The normalized spacial score (nSPS) is 11.0. The van der Waals surface area contributed by atoms with E-state index < -0.39 is 11.7 Å². The standard InChI is InChI=1S/C22H17FN2O3/c1-12-7-8-19-18(9-12)25-22(28-19)16-11-14(10-13(2)20(16)26)24-21(27)15-5-3-4-6-17(15)23/h3-11,26H,1-2H3,(H,24,27). The lowest BCUT2D eigenvalue weighted by Gasteiger charge is -2.10. The van der Waals surface area contributed by atoms with E-state index in [1.54, 1.807) is 25.1 Å². The van der Waals surface area contributed by atoms with Crippen LogP contribution in [0.2, 0.25) is 0 Å². The van der Waals surface area contributed by atoms with Gasteiger partial charge >= 0.3 is 0 Å². The van der Waals surface area contributed by atoms with Crippen LogP contribution in [-0.2, 0) is 0 Å². The number of phenols is 1. The number of carbonyl (C=O) groups excluding carboxylic acids is 1. The Morgan fingerprint density at radius 2 is 1.89 bits per heavy atom. The van der Waals surface area contributed by atoms with E-state index in [4.69, 9.17) is 4.42 Å². The highest BCUT2D eigenvalue weighted by atomic mass is 19.1. The fraction of sp³-hybridized carbons (Fsp3) is 0.0909. The van der Waals surface area contributed by atoms with Gasteiger partial charge in [0.2, 0.25) is 5.89 Å². The van der Waals surface area contributed by atoms with E-state index in [2.05, 4.69) is 10.3 Å². The number of benzene rings is 3. The van der Waals surface area contributed by atoms with Gasteiger partial charge in [-0.1, -0.05) is 18.2 Å². The third kappa shape index (κ3) is 3.20. The lowest BCUT2D eigenvalue weighted by Crippen LogP contribution is -2.13. The molecule has 0 bridgehead atoms. The van der Waals surface area contributed by atoms with Crippen LogP contribution in [0.3, 0.4) is 0 Å². The van der Waals surface area contributed by atoms with E-state index in [9.17, 15) is 14.3 Å². The number of phenolic OH excluding ortho intramolecular Hbond substituents is 1. The molecule has 1 aromatic heterocycles. The third-order valence-electron chi connectivity index (χ3n) is 4.45. The molecule has 0 atom stereocenters. The quantitative estimate of drug-likeness (QED) is 0.481. The van der Waals surface area contributed by atoms with E-state index in [-0.39, 0.29) is 17.2 Å². The van der Waals surface area contributed by atoms with Crippen LogP contribution in [0.25, 0.3) is 22.6 Å². The monoisotopic (exact) mass is 376 g/mol. The fourth-order valence-electron chi connectivity index (χ4n) is 3.01. The molecule has 4 rings (SSSR count). The van der Waals surface area contributed by atoms with E-state index >= 15 is 0 Å². The zero-order chi connectivity index (χ0) is 19.8.